The monoisotopic (exact) mass is 371 g/mol. The third kappa shape index (κ3) is 3.63. The van der Waals surface area contributed by atoms with Crippen molar-refractivity contribution in [1.29, 1.82) is 0 Å². The van der Waals surface area contributed by atoms with Crippen LogP contribution in [0.4, 0.5) is 14.9 Å². The van der Waals surface area contributed by atoms with Gasteiger partial charge in [0.15, 0.2) is 11.5 Å². The molecule has 0 saturated carbocycles. The van der Waals surface area contributed by atoms with Gasteiger partial charge in [0.25, 0.3) is 0 Å². The summed E-state index contributed by atoms with van der Waals surface area (Å²) < 4.78 is 24.6. The Kier molecular flexibility index (Phi) is 4.75. The van der Waals surface area contributed by atoms with Crippen LogP contribution >= 0.6 is 0 Å². The molecule has 2 aliphatic heterocycles. The highest BCUT2D eigenvalue weighted by Crippen LogP contribution is 2.34. The van der Waals surface area contributed by atoms with Crippen molar-refractivity contribution in [2.75, 3.05) is 37.9 Å². The number of fused-ring (bicyclic) bond motifs is 1. The van der Waals surface area contributed by atoms with Gasteiger partial charge in [-0.1, -0.05) is 18.2 Å². The Morgan fingerprint density at radius 1 is 1.07 bits per heavy atom. The Balaban J connectivity index is 1.33. The molecule has 27 heavy (non-hydrogen) atoms. The molecule has 1 saturated heterocycles. The molecule has 2 amide bonds. The Morgan fingerprint density at radius 3 is 2.59 bits per heavy atom. The zero-order valence-corrected chi connectivity index (χ0v) is 15.2. The van der Waals surface area contributed by atoms with Crippen LogP contribution in [0.15, 0.2) is 42.5 Å². The van der Waals surface area contributed by atoms with Crippen LogP contribution in [0.3, 0.4) is 0 Å². The van der Waals surface area contributed by atoms with E-state index in [1.165, 1.54) is 6.07 Å². The molecule has 4 rings (SSSR count). The quantitative estimate of drug-likeness (QED) is 0.901. The fraction of sp³-hybridized carbons (Fsp3) is 0.350. The molecule has 1 N–H and O–H groups in total. The average Bonchev–Trinajstić information content (AvgIpc) is 3.16. The predicted octanol–water partition coefficient (Wildman–Crippen LogP) is 3.15. The van der Waals surface area contributed by atoms with Gasteiger partial charge in [-0.2, -0.15) is 0 Å². The van der Waals surface area contributed by atoms with E-state index in [4.69, 9.17) is 9.47 Å². The van der Waals surface area contributed by atoms with Gasteiger partial charge in [-0.25, -0.2) is 9.18 Å². The van der Waals surface area contributed by atoms with Gasteiger partial charge in [0.05, 0.1) is 11.7 Å². The van der Waals surface area contributed by atoms with Crippen LogP contribution < -0.4 is 19.7 Å². The van der Waals surface area contributed by atoms with Crippen molar-refractivity contribution in [1.82, 2.24) is 10.2 Å². The normalized spacial score (nSPS) is 17.0. The molecule has 0 aliphatic carbocycles. The zero-order valence-electron chi connectivity index (χ0n) is 15.2. The second-order valence-corrected chi connectivity index (χ2v) is 6.71. The summed E-state index contributed by atoms with van der Waals surface area (Å²) in [6, 6.07) is 12.1. The van der Waals surface area contributed by atoms with E-state index >= 15 is 0 Å². The third-order valence-corrected chi connectivity index (χ3v) is 5.00. The maximum absolute atomic E-state index is 13.9. The van der Waals surface area contributed by atoms with Crippen LogP contribution in [0, 0.1) is 5.82 Å². The summed E-state index contributed by atoms with van der Waals surface area (Å²) in [6.45, 7) is 4.47. The van der Waals surface area contributed by atoms with Crippen molar-refractivity contribution < 1.29 is 18.7 Å². The number of carbonyl (C=O) groups is 1. The lowest BCUT2D eigenvalue weighted by Gasteiger charge is -2.36. The molecule has 142 valence electrons. The number of hydrogen-bond acceptors (Lipinski definition) is 4. The Morgan fingerprint density at radius 2 is 1.81 bits per heavy atom. The fourth-order valence-electron chi connectivity index (χ4n) is 3.40. The standard InChI is InChI=1S/C20H22FN3O3/c1-14(15-6-7-18-19(12-15)27-13-26-18)22-20(25)24-10-8-23(9-11-24)17-5-3-2-4-16(17)21/h2-7,12,14H,8-11,13H2,1H3,(H,22,25). The summed E-state index contributed by atoms with van der Waals surface area (Å²) in [4.78, 5) is 16.3. The highest BCUT2D eigenvalue weighted by atomic mass is 19.1. The second-order valence-electron chi connectivity index (χ2n) is 6.71. The minimum atomic E-state index is -0.230. The van der Waals surface area contributed by atoms with Gasteiger partial charge < -0.3 is 24.6 Å². The molecule has 1 atom stereocenters. The first-order valence-corrected chi connectivity index (χ1v) is 9.06. The molecule has 0 bridgehead atoms. The number of anilines is 1. The lowest BCUT2D eigenvalue weighted by Crippen LogP contribution is -2.52. The van der Waals surface area contributed by atoms with Gasteiger partial charge in [-0.05, 0) is 36.8 Å². The lowest BCUT2D eigenvalue weighted by atomic mass is 10.1. The van der Waals surface area contributed by atoms with Gasteiger partial charge in [0, 0.05) is 26.2 Å². The highest BCUT2D eigenvalue weighted by Gasteiger charge is 2.24. The van der Waals surface area contributed by atoms with Crippen LogP contribution in [-0.4, -0.2) is 43.9 Å². The first kappa shape index (κ1) is 17.5. The van der Waals surface area contributed by atoms with Crippen LogP contribution in [0.25, 0.3) is 0 Å². The molecule has 2 aromatic rings. The minimum absolute atomic E-state index is 0.117. The first-order valence-electron chi connectivity index (χ1n) is 9.06. The number of carbonyl (C=O) groups excluding carboxylic acids is 1. The molecule has 2 aliphatic rings. The van der Waals surface area contributed by atoms with Crippen molar-refractivity contribution in [3.8, 4) is 11.5 Å². The number of para-hydroxylation sites is 1. The second kappa shape index (κ2) is 7.34. The summed E-state index contributed by atoms with van der Waals surface area (Å²) in [5.74, 6) is 1.19. The number of piperazine rings is 1. The molecule has 1 fully saturated rings. The van der Waals surface area contributed by atoms with Crippen molar-refractivity contribution >= 4 is 11.7 Å². The SMILES string of the molecule is CC(NC(=O)N1CCN(c2ccccc2F)CC1)c1ccc2c(c1)OCO2. The number of nitrogens with one attached hydrogen (secondary N) is 1. The van der Waals surface area contributed by atoms with Crippen LogP contribution in [0.5, 0.6) is 11.5 Å². The molecule has 0 aromatic heterocycles. The van der Waals surface area contributed by atoms with Gasteiger partial charge >= 0.3 is 6.03 Å². The zero-order chi connectivity index (χ0) is 18.8. The summed E-state index contributed by atoms with van der Waals surface area (Å²) in [5, 5.41) is 3.02. The van der Waals surface area contributed by atoms with Crippen molar-refractivity contribution in [2.45, 2.75) is 13.0 Å². The minimum Gasteiger partial charge on any atom is -0.454 e. The first-order chi connectivity index (χ1) is 13.1. The molecular weight excluding hydrogens is 349 g/mol. The summed E-state index contributed by atoms with van der Waals surface area (Å²) >= 11 is 0. The van der Waals surface area contributed by atoms with E-state index in [-0.39, 0.29) is 24.7 Å². The lowest BCUT2D eigenvalue weighted by molar-refractivity contribution is 0.174. The topological polar surface area (TPSA) is 54.0 Å². The number of urea groups is 1. The van der Waals surface area contributed by atoms with E-state index < -0.39 is 0 Å². The smallest absolute Gasteiger partial charge is 0.317 e. The van der Waals surface area contributed by atoms with E-state index in [9.17, 15) is 9.18 Å². The molecule has 6 nitrogen and oxygen atoms in total. The molecule has 1 unspecified atom stereocenters. The third-order valence-electron chi connectivity index (χ3n) is 5.00. The molecular formula is C20H22FN3O3. The number of amides is 2. The van der Waals surface area contributed by atoms with Crippen molar-refractivity contribution in [3.63, 3.8) is 0 Å². The van der Waals surface area contributed by atoms with Gasteiger partial charge in [0.2, 0.25) is 6.79 Å². The maximum Gasteiger partial charge on any atom is 0.317 e. The maximum atomic E-state index is 13.9. The predicted molar refractivity (Wildman–Crippen MR) is 99.7 cm³/mol. The molecule has 0 radical (unpaired) electrons. The molecule has 2 heterocycles. The Labute approximate surface area is 157 Å². The number of halogens is 1. The number of hydrogen-bond donors (Lipinski definition) is 1. The van der Waals surface area contributed by atoms with Gasteiger partial charge in [-0.15, -0.1) is 0 Å². The fourth-order valence-corrected chi connectivity index (χ4v) is 3.40. The van der Waals surface area contributed by atoms with E-state index in [1.54, 1.807) is 17.0 Å². The van der Waals surface area contributed by atoms with Crippen LogP contribution in [0.2, 0.25) is 0 Å². The van der Waals surface area contributed by atoms with Crippen LogP contribution in [0.1, 0.15) is 18.5 Å². The largest absolute Gasteiger partial charge is 0.454 e. The summed E-state index contributed by atoms with van der Waals surface area (Å²) in [7, 11) is 0. The Hall–Kier alpha value is -2.96. The van der Waals surface area contributed by atoms with Gasteiger partial charge in [-0.3, -0.25) is 0 Å². The number of benzene rings is 2. The van der Waals surface area contributed by atoms with E-state index in [0.29, 0.717) is 37.6 Å². The van der Waals surface area contributed by atoms with Crippen LogP contribution in [-0.2, 0) is 0 Å². The van der Waals surface area contributed by atoms with Gasteiger partial charge in [0.1, 0.15) is 5.82 Å². The van der Waals surface area contributed by atoms with E-state index in [2.05, 4.69) is 5.32 Å². The summed E-state index contributed by atoms with van der Waals surface area (Å²) in [6.07, 6.45) is 0. The highest BCUT2D eigenvalue weighted by molar-refractivity contribution is 5.75. The van der Waals surface area contributed by atoms with Crippen molar-refractivity contribution in [2.24, 2.45) is 0 Å². The Bertz CT molecular complexity index is 837. The summed E-state index contributed by atoms with van der Waals surface area (Å²) in [5.41, 5.74) is 1.55. The number of ether oxygens (including phenoxy) is 2. The van der Waals surface area contributed by atoms with Crippen molar-refractivity contribution in [3.05, 3.63) is 53.8 Å². The molecule has 2 aromatic carbocycles. The molecule has 0 spiro atoms. The molecule has 7 heteroatoms. The average molecular weight is 371 g/mol. The number of nitrogens with zero attached hydrogens (tertiary/aromatic N) is 2. The number of rotatable bonds is 3. The van der Waals surface area contributed by atoms with E-state index in [0.717, 1.165) is 11.3 Å². The van der Waals surface area contributed by atoms with E-state index in [1.807, 2.05) is 36.1 Å².